The highest BCUT2D eigenvalue weighted by Crippen LogP contribution is 2.34. The number of benzene rings is 1. The molecule has 3 aromatic rings. The Labute approximate surface area is 150 Å². The number of fused-ring (bicyclic) bond motifs is 1. The summed E-state index contributed by atoms with van der Waals surface area (Å²) in [4.78, 5) is 4.23. The minimum absolute atomic E-state index is 0.523. The Kier molecular flexibility index (Phi) is 4.17. The van der Waals surface area contributed by atoms with Crippen LogP contribution in [0.2, 0.25) is 10.0 Å². The Balaban J connectivity index is 1.91. The zero-order valence-corrected chi connectivity index (χ0v) is 14.5. The fraction of sp³-hybridized carbons (Fsp3) is 0.222. The molecule has 0 radical (unpaired) electrons. The second-order valence-electron chi connectivity index (χ2n) is 5.81. The van der Waals surface area contributed by atoms with E-state index < -0.39 is 0 Å². The molecule has 2 aromatic heterocycles. The Hall–Kier alpha value is -2.04. The number of nitrogens with one attached hydrogen (secondary N) is 1. The van der Waals surface area contributed by atoms with Crippen molar-refractivity contribution >= 4 is 29.0 Å². The predicted octanol–water partition coefficient (Wildman–Crippen LogP) is 4.99. The first-order valence-electron chi connectivity index (χ1n) is 7.95. The van der Waals surface area contributed by atoms with E-state index in [2.05, 4.69) is 10.3 Å². The Morgan fingerprint density at radius 3 is 2.79 bits per heavy atom. The van der Waals surface area contributed by atoms with Crippen LogP contribution in [-0.4, -0.2) is 21.3 Å². The standard InChI is InChI=1S/C18H16Cl2N4/c19-15-7-6-13(10-16(15)20)24-18-14(5-1-2-9-22-18)17(23-24)12-4-3-8-21-11-12/h3-4,6-8,10-11,22H,1-2,5,9H2. The summed E-state index contributed by atoms with van der Waals surface area (Å²) >= 11 is 12.3. The van der Waals surface area contributed by atoms with Crippen molar-refractivity contribution in [2.45, 2.75) is 19.3 Å². The molecule has 0 amide bonds. The van der Waals surface area contributed by atoms with Gasteiger partial charge in [-0.2, -0.15) is 5.10 Å². The van der Waals surface area contributed by atoms with Gasteiger partial charge in [0.25, 0.3) is 0 Å². The second kappa shape index (κ2) is 6.46. The van der Waals surface area contributed by atoms with Gasteiger partial charge in [-0.1, -0.05) is 23.2 Å². The Morgan fingerprint density at radius 1 is 1.08 bits per heavy atom. The number of pyridine rings is 1. The number of hydrogen-bond acceptors (Lipinski definition) is 3. The quantitative estimate of drug-likeness (QED) is 0.701. The Bertz CT molecular complexity index is 874. The summed E-state index contributed by atoms with van der Waals surface area (Å²) in [6, 6.07) is 9.55. The molecular formula is C18H16Cl2N4. The normalized spacial score (nSPS) is 13.9. The summed E-state index contributed by atoms with van der Waals surface area (Å²) in [5.41, 5.74) is 4.12. The smallest absolute Gasteiger partial charge is 0.133 e. The van der Waals surface area contributed by atoms with Crippen molar-refractivity contribution in [3.05, 3.63) is 58.3 Å². The summed E-state index contributed by atoms with van der Waals surface area (Å²) < 4.78 is 1.92. The maximum absolute atomic E-state index is 6.20. The van der Waals surface area contributed by atoms with Gasteiger partial charge in [0.2, 0.25) is 0 Å². The lowest BCUT2D eigenvalue weighted by molar-refractivity contribution is 0.780. The van der Waals surface area contributed by atoms with Gasteiger partial charge in [-0.3, -0.25) is 4.98 Å². The number of aromatic nitrogens is 3. The van der Waals surface area contributed by atoms with Crippen LogP contribution >= 0.6 is 23.2 Å². The minimum Gasteiger partial charge on any atom is -0.370 e. The SMILES string of the molecule is Clc1ccc(-n2nc(-c3cccnc3)c3c2NCCCC3)cc1Cl. The van der Waals surface area contributed by atoms with Gasteiger partial charge in [0, 0.05) is 30.1 Å². The molecule has 1 N–H and O–H groups in total. The van der Waals surface area contributed by atoms with E-state index in [0.717, 1.165) is 48.6 Å². The first-order valence-corrected chi connectivity index (χ1v) is 8.71. The molecular weight excluding hydrogens is 343 g/mol. The third-order valence-electron chi connectivity index (χ3n) is 4.21. The summed E-state index contributed by atoms with van der Waals surface area (Å²) in [6.07, 6.45) is 6.90. The lowest BCUT2D eigenvalue weighted by Gasteiger charge is -2.10. The van der Waals surface area contributed by atoms with Crippen LogP contribution in [0, 0.1) is 0 Å². The molecule has 4 rings (SSSR count). The fourth-order valence-electron chi connectivity index (χ4n) is 3.04. The molecule has 122 valence electrons. The van der Waals surface area contributed by atoms with E-state index in [-0.39, 0.29) is 0 Å². The van der Waals surface area contributed by atoms with Crippen molar-refractivity contribution in [3.8, 4) is 16.9 Å². The van der Waals surface area contributed by atoms with Gasteiger partial charge in [-0.15, -0.1) is 0 Å². The van der Waals surface area contributed by atoms with Crippen LogP contribution < -0.4 is 5.32 Å². The van der Waals surface area contributed by atoms with Crippen molar-refractivity contribution in [1.82, 2.24) is 14.8 Å². The molecule has 1 aromatic carbocycles. The molecule has 1 aliphatic heterocycles. The van der Waals surface area contributed by atoms with Gasteiger partial charge in [0.1, 0.15) is 5.82 Å². The monoisotopic (exact) mass is 358 g/mol. The third-order valence-corrected chi connectivity index (χ3v) is 4.95. The first-order chi connectivity index (χ1) is 11.7. The molecule has 0 saturated carbocycles. The fourth-order valence-corrected chi connectivity index (χ4v) is 3.33. The first kappa shape index (κ1) is 15.5. The van der Waals surface area contributed by atoms with Gasteiger partial charge in [-0.05, 0) is 49.6 Å². The van der Waals surface area contributed by atoms with Gasteiger partial charge >= 0.3 is 0 Å². The maximum Gasteiger partial charge on any atom is 0.133 e. The Morgan fingerprint density at radius 2 is 2.00 bits per heavy atom. The molecule has 0 bridgehead atoms. The van der Waals surface area contributed by atoms with E-state index in [1.165, 1.54) is 5.56 Å². The molecule has 4 nitrogen and oxygen atoms in total. The lowest BCUT2D eigenvalue weighted by Crippen LogP contribution is -2.07. The molecule has 3 heterocycles. The molecule has 6 heteroatoms. The molecule has 0 aliphatic carbocycles. The highest BCUT2D eigenvalue weighted by atomic mass is 35.5. The topological polar surface area (TPSA) is 42.7 Å². The van der Waals surface area contributed by atoms with Crippen molar-refractivity contribution in [3.63, 3.8) is 0 Å². The number of nitrogens with zero attached hydrogens (tertiary/aromatic N) is 3. The van der Waals surface area contributed by atoms with Crippen LogP contribution in [-0.2, 0) is 6.42 Å². The molecule has 0 saturated heterocycles. The zero-order valence-electron chi connectivity index (χ0n) is 13.0. The van der Waals surface area contributed by atoms with Crippen molar-refractivity contribution < 1.29 is 0 Å². The summed E-state index contributed by atoms with van der Waals surface area (Å²) in [5.74, 6) is 1.03. The van der Waals surface area contributed by atoms with Crippen LogP contribution in [0.4, 0.5) is 5.82 Å². The van der Waals surface area contributed by atoms with Crippen LogP contribution in [0.15, 0.2) is 42.7 Å². The van der Waals surface area contributed by atoms with Crippen LogP contribution in [0.1, 0.15) is 18.4 Å². The minimum atomic E-state index is 0.523. The third kappa shape index (κ3) is 2.76. The highest BCUT2D eigenvalue weighted by molar-refractivity contribution is 6.42. The van der Waals surface area contributed by atoms with Crippen LogP contribution in [0.25, 0.3) is 16.9 Å². The molecule has 24 heavy (non-hydrogen) atoms. The van der Waals surface area contributed by atoms with E-state index in [4.69, 9.17) is 28.3 Å². The zero-order chi connectivity index (χ0) is 16.5. The lowest BCUT2D eigenvalue weighted by atomic mass is 10.1. The van der Waals surface area contributed by atoms with E-state index in [9.17, 15) is 0 Å². The van der Waals surface area contributed by atoms with Crippen molar-refractivity contribution in [2.75, 3.05) is 11.9 Å². The van der Waals surface area contributed by atoms with Gasteiger partial charge < -0.3 is 5.32 Å². The average Bonchev–Trinajstić information content (AvgIpc) is 2.80. The number of rotatable bonds is 2. The van der Waals surface area contributed by atoms with Crippen molar-refractivity contribution in [2.24, 2.45) is 0 Å². The molecule has 1 aliphatic rings. The van der Waals surface area contributed by atoms with E-state index in [1.807, 2.05) is 35.1 Å². The largest absolute Gasteiger partial charge is 0.370 e. The predicted molar refractivity (Wildman–Crippen MR) is 98.2 cm³/mol. The number of halogens is 2. The van der Waals surface area contributed by atoms with Gasteiger partial charge in [0.15, 0.2) is 0 Å². The van der Waals surface area contributed by atoms with E-state index in [0.29, 0.717) is 10.0 Å². The van der Waals surface area contributed by atoms with Crippen LogP contribution in [0.5, 0.6) is 0 Å². The molecule has 0 atom stereocenters. The van der Waals surface area contributed by atoms with E-state index >= 15 is 0 Å². The summed E-state index contributed by atoms with van der Waals surface area (Å²) in [6.45, 7) is 0.937. The van der Waals surface area contributed by atoms with Gasteiger partial charge in [-0.25, -0.2) is 4.68 Å². The summed E-state index contributed by atoms with van der Waals surface area (Å²) in [7, 11) is 0. The highest BCUT2D eigenvalue weighted by Gasteiger charge is 2.22. The number of hydrogen-bond donors (Lipinski definition) is 1. The molecule has 0 spiro atoms. The van der Waals surface area contributed by atoms with Gasteiger partial charge in [0.05, 0.1) is 21.4 Å². The summed E-state index contributed by atoms with van der Waals surface area (Å²) in [5, 5.41) is 9.44. The molecule has 0 fully saturated rings. The second-order valence-corrected chi connectivity index (χ2v) is 6.63. The maximum atomic E-state index is 6.20. The molecule has 0 unspecified atom stereocenters. The van der Waals surface area contributed by atoms with E-state index in [1.54, 1.807) is 12.3 Å². The average molecular weight is 359 g/mol. The van der Waals surface area contributed by atoms with Crippen LogP contribution in [0.3, 0.4) is 0 Å². The van der Waals surface area contributed by atoms with Crippen molar-refractivity contribution in [1.29, 1.82) is 0 Å². The number of anilines is 1.